The summed E-state index contributed by atoms with van der Waals surface area (Å²) in [4.78, 5) is 30.6. The molecule has 164 valence electrons. The van der Waals surface area contributed by atoms with Crippen LogP contribution in [0.2, 0.25) is 0 Å². The number of benzene rings is 2. The Bertz CT molecular complexity index is 933. The summed E-state index contributed by atoms with van der Waals surface area (Å²) in [6.07, 6.45) is 2.23. The molecule has 2 amide bonds. The first-order valence-corrected chi connectivity index (χ1v) is 11.0. The second-order valence-electron chi connectivity index (χ2n) is 8.58. The molecule has 0 unspecified atom stereocenters. The Morgan fingerprint density at radius 2 is 1.94 bits per heavy atom. The molecular formula is C25H31N3O3. The number of likely N-dealkylation sites (N-methyl/N-ethyl adjacent to an activating group) is 1. The highest BCUT2D eigenvalue weighted by molar-refractivity contribution is 6.07. The number of carbonyl (C=O) groups excluding carboxylic acids is 2. The summed E-state index contributed by atoms with van der Waals surface area (Å²) in [6.45, 7) is 2.20. The molecule has 2 atom stereocenters. The smallest absolute Gasteiger partial charge is 0.237 e. The molecule has 0 aliphatic carbocycles. The highest BCUT2D eigenvalue weighted by atomic mass is 16.5. The van der Waals surface area contributed by atoms with E-state index >= 15 is 0 Å². The van der Waals surface area contributed by atoms with Crippen molar-refractivity contribution >= 4 is 17.5 Å². The van der Waals surface area contributed by atoms with Gasteiger partial charge in [-0.2, -0.15) is 0 Å². The summed E-state index contributed by atoms with van der Waals surface area (Å²) in [5.74, 6) is 0.0977. The number of fused-ring (bicyclic) bond motifs is 2. The Hall–Kier alpha value is -2.70. The number of nitrogens with zero attached hydrogens (tertiary/aromatic N) is 2. The van der Waals surface area contributed by atoms with E-state index < -0.39 is 5.41 Å². The van der Waals surface area contributed by atoms with E-state index in [4.69, 9.17) is 4.74 Å². The predicted octanol–water partition coefficient (Wildman–Crippen LogP) is 2.69. The summed E-state index contributed by atoms with van der Waals surface area (Å²) in [7, 11) is 3.59. The zero-order chi connectivity index (χ0) is 21.8. The van der Waals surface area contributed by atoms with Crippen LogP contribution in [0.4, 0.5) is 5.69 Å². The average molecular weight is 422 g/mol. The molecule has 2 heterocycles. The highest BCUT2D eigenvalue weighted by Gasteiger charge is 2.58. The van der Waals surface area contributed by atoms with Crippen LogP contribution in [0.5, 0.6) is 0 Å². The Balaban J connectivity index is 1.61. The molecule has 6 heteroatoms. The number of rotatable bonds is 8. The molecule has 0 saturated carbocycles. The van der Waals surface area contributed by atoms with Crippen LogP contribution in [0, 0.1) is 0 Å². The lowest BCUT2D eigenvalue weighted by Crippen LogP contribution is -2.50. The molecular weight excluding hydrogens is 390 g/mol. The largest absolute Gasteiger partial charge is 0.383 e. The van der Waals surface area contributed by atoms with E-state index in [0.29, 0.717) is 32.7 Å². The van der Waals surface area contributed by atoms with Gasteiger partial charge in [-0.15, -0.1) is 0 Å². The second-order valence-corrected chi connectivity index (χ2v) is 8.58. The van der Waals surface area contributed by atoms with Crippen LogP contribution < -0.4 is 5.32 Å². The van der Waals surface area contributed by atoms with E-state index in [0.717, 1.165) is 24.1 Å². The minimum atomic E-state index is -0.674. The van der Waals surface area contributed by atoms with Crippen molar-refractivity contribution in [1.82, 2.24) is 9.80 Å². The van der Waals surface area contributed by atoms with E-state index in [1.165, 1.54) is 5.56 Å². The van der Waals surface area contributed by atoms with Crippen molar-refractivity contribution in [3.8, 4) is 0 Å². The Kier molecular flexibility index (Phi) is 6.39. The summed E-state index contributed by atoms with van der Waals surface area (Å²) in [5, 5.41) is 3.08. The molecule has 6 nitrogen and oxygen atoms in total. The van der Waals surface area contributed by atoms with Crippen LogP contribution in [0.25, 0.3) is 0 Å². The Labute approximate surface area is 184 Å². The third kappa shape index (κ3) is 4.10. The fourth-order valence-electron chi connectivity index (χ4n) is 5.10. The van der Waals surface area contributed by atoms with Crippen LogP contribution in [0.1, 0.15) is 24.0 Å². The van der Waals surface area contributed by atoms with Crippen LogP contribution >= 0.6 is 0 Å². The van der Waals surface area contributed by atoms with Gasteiger partial charge in [-0.05, 0) is 43.5 Å². The number of anilines is 1. The van der Waals surface area contributed by atoms with Gasteiger partial charge in [-0.25, -0.2) is 0 Å². The lowest BCUT2D eigenvalue weighted by Gasteiger charge is -2.35. The average Bonchev–Trinajstić information content (AvgIpc) is 3.30. The maximum absolute atomic E-state index is 13.3. The molecule has 0 aromatic heterocycles. The zero-order valence-corrected chi connectivity index (χ0v) is 18.3. The normalized spacial score (nSPS) is 22.2. The van der Waals surface area contributed by atoms with Crippen molar-refractivity contribution in [3.05, 3.63) is 65.7 Å². The zero-order valence-electron chi connectivity index (χ0n) is 18.3. The number of nitrogens with one attached hydrogen (secondary N) is 1. The predicted molar refractivity (Wildman–Crippen MR) is 121 cm³/mol. The van der Waals surface area contributed by atoms with Crippen molar-refractivity contribution in [2.45, 2.75) is 30.7 Å². The molecule has 0 radical (unpaired) electrons. The van der Waals surface area contributed by atoms with Crippen molar-refractivity contribution in [2.24, 2.45) is 0 Å². The first-order chi connectivity index (χ1) is 15.1. The molecule has 1 fully saturated rings. The van der Waals surface area contributed by atoms with Crippen LogP contribution in [-0.4, -0.2) is 68.1 Å². The third-order valence-electron chi connectivity index (χ3n) is 6.71. The summed E-state index contributed by atoms with van der Waals surface area (Å²) in [5.41, 5.74) is 2.46. The molecule has 0 bridgehead atoms. The van der Waals surface area contributed by atoms with Gasteiger partial charge in [0.1, 0.15) is 0 Å². The summed E-state index contributed by atoms with van der Waals surface area (Å²) < 4.78 is 5.14. The first kappa shape index (κ1) is 21.5. The standard InChI is InChI=1S/C25H31N3O3/c1-27(16-17-31-2)18-23(29)28-15-14-25(20-10-6-7-11-21(20)26-24(25)30)22(28)13-12-19-8-4-3-5-9-19/h3-11,22H,12-18H2,1-2H3,(H,26,30)/t22-,25-/m0/s1. The van der Waals surface area contributed by atoms with Gasteiger partial charge in [0.2, 0.25) is 11.8 Å². The Morgan fingerprint density at radius 3 is 2.71 bits per heavy atom. The monoisotopic (exact) mass is 421 g/mol. The van der Waals surface area contributed by atoms with Gasteiger partial charge in [0.25, 0.3) is 0 Å². The molecule has 2 aromatic carbocycles. The van der Waals surface area contributed by atoms with Gasteiger partial charge in [-0.1, -0.05) is 48.5 Å². The maximum atomic E-state index is 13.3. The number of hydrogen-bond donors (Lipinski definition) is 1. The molecule has 4 rings (SSSR count). The minimum Gasteiger partial charge on any atom is -0.383 e. The minimum absolute atomic E-state index is 0.0230. The fourth-order valence-corrected chi connectivity index (χ4v) is 5.10. The number of likely N-dealkylation sites (tertiary alicyclic amines) is 1. The van der Waals surface area contributed by atoms with Crippen molar-refractivity contribution < 1.29 is 14.3 Å². The van der Waals surface area contributed by atoms with Crippen molar-refractivity contribution in [2.75, 3.05) is 45.7 Å². The van der Waals surface area contributed by atoms with Gasteiger partial charge < -0.3 is 15.0 Å². The summed E-state index contributed by atoms with van der Waals surface area (Å²) >= 11 is 0. The van der Waals surface area contributed by atoms with E-state index in [-0.39, 0.29) is 17.9 Å². The van der Waals surface area contributed by atoms with Crippen LogP contribution in [0.15, 0.2) is 54.6 Å². The quantitative estimate of drug-likeness (QED) is 0.712. The number of amides is 2. The van der Waals surface area contributed by atoms with E-state index in [9.17, 15) is 9.59 Å². The molecule has 31 heavy (non-hydrogen) atoms. The number of aryl methyl sites for hydroxylation is 1. The van der Waals surface area contributed by atoms with Gasteiger partial charge >= 0.3 is 0 Å². The lowest BCUT2D eigenvalue weighted by atomic mass is 9.73. The molecule has 1 N–H and O–H groups in total. The number of hydrogen-bond acceptors (Lipinski definition) is 4. The van der Waals surface area contributed by atoms with Gasteiger partial charge in [0.15, 0.2) is 0 Å². The van der Waals surface area contributed by atoms with Crippen molar-refractivity contribution in [3.63, 3.8) is 0 Å². The Morgan fingerprint density at radius 1 is 1.19 bits per heavy atom. The number of methoxy groups -OCH3 is 1. The molecule has 1 saturated heterocycles. The van der Waals surface area contributed by atoms with E-state index in [2.05, 4.69) is 17.4 Å². The number of para-hydroxylation sites is 1. The SMILES string of the molecule is COCCN(C)CC(=O)N1CC[C@@]2(C(=O)Nc3ccccc32)[C@@H]1CCc1ccccc1. The maximum Gasteiger partial charge on any atom is 0.237 e. The van der Waals surface area contributed by atoms with E-state index in [1.54, 1.807) is 7.11 Å². The molecule has 1 spiro atoms. The lowest BCUT2D eigenvalue weighted by molar-refractivity contribution is -0.134. The molecule has 2 aromatic rings. The second kappa shape index (κ2) is 9.20. The third-order valence-corrected chi connectivity index (χ3v) is 6.71. The van der Waals surface area contributed by atoms with Gasteiger partial charge in [0, 0.05) is 25.9 Å². The fraction of sp³-hybridized carbons (Fsp3) is 0.440. The van der Waals surface area contributed by atoms with Crippen LogP contribution in [-0.2, 0) is 26.2 Å². The number of carbonyl (C=O) groups is 2. The van der Waals surface area contributed by atoms with Gasteiger partial charge in [-0.3, -0.25) is 14.5 Å². The van der Waals surface area contributed by atoms with Crippen molar-refractivity contribution in [1.29, 1.82) is 0 Å². The molecule has 2 aliphatic rings. The van der Waals surface area contributed by atoms with E-state index in [1.807, 2.05) is 59.3 Å². The van der Waals surface area contributed by atoms with Gasteiger partial charge in [0.05, 0.1) is 24.6 Å². The molecule has 2 aliphatic heterocycles. The topological polar surface area (TPSA) is 61.9 Å². The summed E-state index contributed by atoms with van der Waals surface area (Å²) in [6, 6.07) is 18.0. The highest BCUT2D eigenvalue weighted by Crippen LogP contribution is 2.49. The first-order valence-electron chi connectivity index (χ1n) is 11.0. The number of ether oxygens (including phenoxy) is 1. The van der Waals surface area contributed by atoms with Crippen LogP contribution in [0.3, 0.4) is 0 Å².